The molecule has 18 heavy (non-hydrogen) atoms. The maximum atomic E-state index is 5.98. The van der Waals surface area contributed by atoms with Gasteiger partial charge in [0, 0.05) is 18.4 Å². The SMILES string of the molecule is COC(C)Cc1noc(-c2c(N)sc(C)c2C)n1. The van der Waals surface area contributed by atoms with Crippen LogP contribution in [-0.4, -0.2) is 23.4 Å². The number of ether oxygens (including phenoxy) is 1. The van der Waals surface area contributed by atoms with Crippen LogP contribution in [0.2, 0.25) is 0 Å². The fraction of sp³-hybridized carbons (Fsp3) is 0.500. The Hall–Kier alpha value is -1.40. The lowest BCUT2D eigenvalue weighted by atomic mass is 10.1. The zero-order chi connectivity index (χ0) is 13.3. The van der Waals surface area contributed by atoms with Gasteiger partial charge in [-0.05, 0) is 26.3 Å². The molecule has 0 saturated heterocycles. The first-order valence-electron chi connectivity index (χ1n) is 5.74. The van der Waals surface area contributed by atoms with Crippen LogP contribution >= 0.6 is 11.3 Å². The van der Waals surface area contributed by atoms with Crippen LogP contribution in [0.4, 0.5) is 5.00 Å². The van der Waals surface area contributed by atoms with E-state index >= 15 is 0 Å². The highest BCUT2D eigenvalue weighted by atomic mass is 32.1. The van der Waals surface area contributed by atoms with Crippen molar-refractivity contribution in [3.05, 3.63) is 16.3 Å². The molecule has 2 aromatic heterocycles. The van der Waals surface area contributed by atoms with Gasteiger partial charge in [0.15, 0.2) is 5.82 Å². The van der Waals surface area contributed by atoms with Gasteiger partial charge in [0.05, 0.1) is 16.7 Å². The monoisotopic (exact) mass is 267 g/mol. The second-order valence-electron chi connectivity index (χ2n) is 4.29. The van der Waals surface area contributed by atoms with Crippen molar-refractivity contribution in [1.82, 2.24) is 10.1 Å². The standard InChI is InChI=1S/C12H17N3O2S/c1-6(16-4)5-9-14-12(17-15-9)10-7(2)8(3)18-11(10)13/h6H,5,13H2,1-4H3. The maximum Gasteiger partial charge on any atom is 0.261 e. The van der Waals surface area contributed by atoms with Crippen LogP contribution in [-0.2, 0) is 11.2 Å². The number of nitrogen functional groups attached to an aromatic ring is 1. The first kappa shape index (κ1) is 13.0. The van der Waals surface area contributed by atoms with Crippen LogP contribution in [0.25, 0.3) is 11.5 Å². The summed E-state index contributed by atoms with van der Waals surface area (Å²) < 4.78 is 10.5. The minimum absolute atomic E-state index is 0.0677. The molecule has 2 heterocycles. The summed E-state index contributed by atoms with van der Waals surface area (Å²) in [6.07, 6.45) is 0.695. The first-order valence-corrected chi connectivity index (χ1v) is 6.55. The molecule has 0 aliphatic rings. The van der Waals surface area contributed by atoms with E-state index in [1.165, 1.54) is 4.88 Å². The molecule has 0 bridgehead atoms. The molecule has 0 radical (unpaired) electrons. The lowest BCUT2D eigenvalue weighted by molar-refractivity contribution is 0.116. The number of aromatic nitrogens is 2. The molecule has 0 aliphatic heterocycles. The Balaban J connectivity index is 2.29. The van der Waals surface area contributed by atoms with Crippen molar-refractivity contribution in [3.8, 4) is 11.5 Å². The minimum atomic E-state index is 0.0677. The second-order valence-corrected chi connectivity index (χ2v) is 5.55. The lowest BCUT2D eigenvalue weighted by Crippen LogP contribution is -2.09. The van der Waals surface area contributed by atoms with Gasteiger partial charge in [-0.1, -0.05) is 5.16 Å². The number of nitrogens with two attached hydrogens (primary N) is 1. The van der Waals surface area contributed by atoms with E-state index in [1.807, 2.05) is 20.8 Å². The predicted molar refractivity (Wildman–Crippen MR) is 71.7 cm³/mol. The summed E-state index contributed by atoms with van der Waals surface area (Å²) >= 11 is 1.54. The van der Waals surface area contributed by atoms with Crippen LogP contribution in [0.15, 0.2) is 4.52 Å². The molecule has 0 spiro atoms. The molecule has 0 saturated carbocycles. The molecule has 98 valence electrons. The summed E-state index contributed by atoms with van der Waals surface area (Å²) in [6.45, 7) is 6.01. The van der Waals surface area contributed by atoms with E-state index in [-0.39, 0.29) is 6.10 Å². The number of methoxy groups -OCH3 is 1. The summed E-state index contributed by atoms with van der Waals surface area (Å²) in [6, 6.07) is 0. The van der Waals surface area contributed by atoms with Gasteiger partial charge in [-0.15, -0.1) is 11.3 Å². The predicted octanol–water partition coefficient (Wildman–Crippen LogP) is 2.57. The molecular weight excluding hydrogens is 250 g/mol. The fourth-order valence-electron chi connectivity index (χ4n) is 1.70. The van der Waals surface area contributed by atoms with Crippen LogP contribution in [0.5, 0.6) is 0 Å². The summed E-state index contributed by atoms with van der Waals surface area (Å²) in [5.41, 5.74) is 7.94. The number of hydrogen-bond donors (Lipinski definition) is 1. The average Bonchev–Trinajstić information content (AvgIpc) is 2.85. The fourth-order valence-corrected chi connectivity index (χ4v) is 2.63. The lowest BCUT2D eigenvalue weighted by Gasteiger charge is -2.03. The molecule has 1 unspecified atom stereocenters. The maximum absolute atomic E-state index is 5.98. The van der Waals surface area contributed by atoms with Gasteiger partial charge >= 0.3 is 0 Å². The zero-order valence-electron chi connectivity index (χ0n) is 11.0. The van der Waals surface area contributed by atoms with Crippen LogP contribution in [0.1, 0.15) is 23.2 Å². The normalized spacial score (nSPS) is 12.9. The van der Waals surface area contributed by atoms with E-state index < -0.39 is 0 Å². The van der Waals surface area contributed by atoms with E-state index in [9.17, 15) is 0 Å². The van der Waals surface area contributed by atoms with Crippen LogP contribution in [0, 0.1) is 13.8 Å². The van der Waals surface area contributed by atoms with Crippen LogP contribution in [0.3, 0.4) is 0 Å². The Bertz CT molecular complexity index is 548. The van der Waals surface area contributed by atoms with Gasteiger partial charge in [0.2, 0.25) is 0 Å². The summed E-state index contributed by atoms with van der Waals surface area (Å²) in [7, 11) is 1.66. The average molecular weight is 267 g/mol. The van der Waals surface area contributed by atoms with E-state index in [0.29, 0.717) is 18.1 Å². The first-order chi connectivity index (χ1) is 8.52. The molecule has 1 atom stereocenters. The van der Waals surface area contributed by atoms with Gasteiger partial charge in [0.1, 0.15) is 0 Å². The quantitative estimate of drug-likeness (QED) is 0.921. The molecule has 5 nitrogen and oxygen atoms in total. The summed E-state index contributed by atoms with van der Waals surface area (Å²) in [4.78, 5) is 5.55. The number of thiophene rings is 1. The van der Waals surface area contributed by atoms with Crippen molar-refractivity contribution in [2.24, 2.45) is 0 Å². The smallest absolute Gasteiger partial charge is 0.261 e. The van der Waals surface area contributed by atoms with Crippen molar-refractivity contribution < 1.29 is 9.26 Å². The molecule has 0 aliphatic carbocycles. The van der Waals surface area contributed by atoms with Gasteiger partial charge in [-0.2, -0.15) is 4.98 Å². The largest absolute Gasteiger partial charge is 0.390 e. The molecule has 2 rings (SSSR count). The third kappa shape index (κ3) is 2.39. The van der Waals surface area contributed by atoms with Crippen molar-refractivity contribution in [1.29, 1.82) is 0 Å². The highest BCUT2D eigenvalue weighted by molar-refractivity contribution is 7.16. The third-order valence-corrected chi connectivity index (χ3v) is 4.00. The third-order valence-electron chi connectivity index (χ3n) is 2.97. The number of aryl methyl sites for hydroxylation is 1. The number of hydrogen-bond acceptors (Lipinski definition) is 6. The van der Waals surface area contributed by atoms with Crippen molar-refractivity contribution in [2.75, 3.05) is 12.8 Å². The van der Waals surface area contributed by atoms with Crippen LogP contribution < -0.4 is 5.73 Å². The Morgan fingerprint density at radius 1 is 1.44 bits per heavy atom. The molecule has 6 heteroatoms. The summed E-state index contributed by atoms with van der Waals surface area (Å²) in [5, 5.41) is 4.68. The van der Waals surface area contributed by atoms with Crippen molar-refractivity contribution in [3.63, 3.8) is 0 Å². The highest BCUT2D eigenvalue weighted by Gasteiger charge is 2.19. The summed E-state index contributed by atoms with van der Waals surface area (Å²) in [5.74, 6) is 1.13. The number of nitrogens with zero attached hydrogens (tertiary/aromatic N) is 2. The van der Waals surface area contributed by atoms with Gasteiger partial charge in [0.25, 0.3) is 5.89 Å². The van der Waals surface area contributed by atoms with Gasteiger partial charge in [-0.3, -0.25) is 0 Å². The van der Waals surface area contributed by atoms with Gasteiger partial charge < -0.3 is 15.0 Å². The Labute approximate surface area is 110 Å². The molecule has 0 fully saturated rings. The van der Waals surface area contributed by atoms with E-state index in [0.717, 1.165) is 16.1 Å². The minimum Gasteiger partial charge on any atom is -0.390 e. The Kier molecular flexibility index (Phi) is 3.68. The Morgan fingerprint density at radius 3 is 2.72 bits per heavy atom. The number of rotatable bonds is 4. The topological polar surface area (TPSA) is 74.2 Å². The molecular formula is C12H17N3O2S. The number of anilines is 1. The second kappa shape index (κ2) is 5.07. The molecule has 2 aromatic rings. The Morgan fingerprint density at radius 2 is 2.17 bits per heavy atom. The zero-order valence-corrected chi connectivity index (χ0v) is 11.8. The van der Waals surface area contributed by atoms with Crippen molar-refractivity contribution in [2.45, 2.75) is 33.3 Å². The molecule has 0 aromatic carbocycles. The molecule has 0 amide bonds. The van der Waals surface area contributed by atoms with E-state index in [4.69, 9.17) is 15.0 Å². The van der Waals surface area contributed by atoms with Crippen molar-refractivity contribution >= 4 is 16.3 Å². The van der Waals surface area contributed by atoms with Gasteiger partial charge in [-0.25, -0.2) is 0 Å². The van der Waals surface area contributed by atoms with E-state index in [1.54, 1.807) is 18.4 Å². The highest BCUT2D eigenvalue weighted by Crippen LogP contribution is 2.37. The molecule has 2 N–H and O–H groups in total. The van der Waals surface area contributed by atoms with E-state index in [2.05, 4.69) is 10.1 Å².